The van der Waals surface area contributed by atoms with Crippen LogP contribution in [0.15, 0.2) is 58.5 Å². The number of halogens is 2. The Hall–Kier alpha value is -2.92. The highest BCUT2D eigenvalue weighted by atomic mass is 35.5. The van der Waals surface area contributed by atoms with Gasteiger partial charge >= 0.3 is 0 Å². The maximum Gasteiger partial charge on any atom is 0.270 e. The summed E-state index contributed by atoms with van der Waals surface area (Å²) in [6.45, 7) is 0. The van der Waals surface area contributed by atoms with Crippen molar-refractivity contribution in [3.8, 4) is 17.3 Å². The zero-order valence-corrected chi connectivity index (χ0v) is 16.3. The molecule has 0 bridgehead atoms. The van der Waals surface area contributed by atoms with Crippen LogP contribution >= 0.6 is 35.0 Å². The molecule has 0 saturated carbocycles. The Morgan fingerprint density at radius 2 is 1.89 bits per heavy atom. The van der Waals surface area contributed by atoms with Crippen molar-refractivity contribution >= 4 is 46.9 Å². The largest absolute Gasteiger partial charge is 0.298 e. The van der Waals surface area contributed by atoms with Gasteiger partial charge in [-0.2, -0.15) is 5.26 Å². The molecule has 28 heavy (non-hydrogen) atoms. The van der Waals surface area contributed by atoms with Gasteiger partial charge in [-0.25, -0.2) is 4.98 Å². The van der Waals surface area contributed by atoms with Crippen LogP contribution in [0.2, 0.25) is 10.0 Å². The third-order valence-electron chi connectivity index (χ3n) is 3.73. The summed E-state index contributed by atoms with van der Waals surface area (Å²) in [6.07, 6.45) is 0.532. The summed E-state index contributed by atoms with van der Waals surface area (Å²) in [4.78, 5) is 26.6. The molecule has 0 saturated heterocycles. The molecule has 2 aromatic carbocycles. The van der Waals surface area contributed by atoms with E-state index in [2.05, 4.69) is 11.1 Å². The van der Waals surface area contributed by atoms with E-state index < -0.39 is 4.92 Å². The summed E-state index contributed by atoms with van der Waals surface area (Å²) in [6, 6.07) is 14.3. The summed E-state index contributed by atoms with van der Waals surface area (Å²) in [5, 5.41) is 21.4. The average Bonchev–Trinajstić information content (AvgIpc) is 2.70. The lowest BCUT2D eigenvalue weighted by molar-refractivity contribution is -0.384. The number of aromatic nitrogens is 1. The number of carbonyl (C=O) groups is 1. The van der Waals surface area contributed by atoms with E-state index in [0.29, 0.717) is 43.1 Å². The minimum atomic E-state index is -0.578. The molecular formula is C19H9Cl2N3O3S. The SMILES string of the molecule is N#Cc1ccc(-c2ccc(Cl)c(Cl)c2)nc1Sc1ccc([N+](=O)[O-])cc1C=O. The third kappa shape index (κ3) is 4.15. The van der Waals surface area contributed by atoms with E-state index in [4.69, 9.17) is 23.2 Å². The molecule has 0 radical (unpaired) electrons. The molecule has 3 rings (SSSR count). The van der Waals surface area contributed by atoms with Crippen molar-refractivity contribution < 1.29 is 9.72 Å². The molecule has 0 aliphatic heterocycles. The van der Waals surface area contributed by atoms with Crippen molar-refractivity contribution in [2.45, 2.75) is 9.92 Å². The van der Waals surface area contributed by atoms with E-state index in [1.165, 1.54) is 18.2 Å². The number of hydrogen-bond donors (Lipinski definition) is 0. The highest BCUT2D eigenvalue weighted by molar-refractivity contribution is 7.99. The van der Waals surface area contributed by atoms with Gasteiger partial charge in [-0.1, -0.05) is 41.0 Å². The van der Waals surface area contributed by atoms with Crippen molar-refractivity contribution in [2.75, 3.05) is 0 Å². The normalized spacial score (nSPS) is 10.3. The van der Waals surface area contributed by atoms with Crippen molar-refractivity contribution in [1.82, 2.24) is 4.98 Å². The number of nitro groups is 1. The van der Waals surface area contributed by atoms with Crippen molar-refractivity contribution in [2.24, 2.45) is 0 Å². The van der Waals surface area contributed by atoms with Crippen LogP contribution < -0.4 is 0 Å². The van der Waals surface area contributed by atoms with E-state index in [0.717, 1.165) is 11.8 Å². The number of pyridine rings is 1. The standard InChI is InChI=1S/C19H9Cl2N3O3S/c20-15-4-1-11(8-16(15)21)17-5-2-12(9-22)19(23-17)28-18-6-3-14(24(26)27)7-13(18)10-25/h1-8,10H. The minimum absolute atomic E-state index is 0.143. The maximum atomic E-state index is 11.4. The molecule has 0 N–H and O–H groups in total. The first kappa shape index (κ1) is 19.8. The molecule has 0 fully saturated rings. The van der Waals surface area contributed by atoms with Gasteiger partial charge in [-0.3, -0.25) is 14.9 Å². The number of non-ortho nitro benzene ring substituents is 1. The second kappa shape index (κ2) is 8.40. The molecule has 0 spiro atoms. The highest BCUT2D eigenvalue weighted by Crippen LogP contribution is 2.35. The molecule has 138 valence electrons. The number of nitro benzene ring substituents is 1. The number of rotatable bonds is 5. The third-order valence-corrected chi connectivity index (χ3v) is 5.57. The number of hydrogen-bond acceptors (Lipinski definition) is 6. The number of aldehydes is 1. The van der Waals surface area contributed by atoms with E-state index >= 15 is 0 Å². The van der Waals surface area contributed by atoms with Crippen LogP contribution in [0.4, 0.5) is 5.69 Å². The van der Waals surface area contributed by atoms with Gasteiger partial charge in [0, 0.05) is 28.2 Å². The second-order valence-corrected chi connectivity index (χ2v) is 7.33. The lowest BCUT2D eigenvalue weighted by Crippen LogP contribution is -1.94. The second-order valence-electron chi connectivity index (χ2n) is 5.49. The Kier molecular flexibility index (Phi) is 5.95. The monoisotopic (exact) mass is 429 g/mol. The quantitative estimate of drug-likeness (QED) is 0.288. The maximum absolute atomic E-state index is 11.4. The van der Waals surface area contributed by atoms with Crippen LogP contribution in [-0.4, -0.2) is 16.2 Å². The fourth-order valence-electron chi connectivity index (χ4n) is 2.36. The summed E-state index contributed by atoms with van der Waals surface area (Å²) in [5.74, 6) is 0. The molecule has 0 aliphatic rings. The fourth-order valence-corrected chi connectivity index (χ4v) is 3.59. The number of carbonyl (C=O) groups excluding carboxylic acids is 1. The molecule has 0 unspecified atom stereocenters. The zero-order valence-electron chi connectivity index (χ0n) is 13.9. The number of benzene rings is 2. The molecule has 6 nitrogen and oxygen atoms in total. The van der Waals surface area contributed by atoms with Gasteiger partial charge in [0.2, 0.25) is 0 Å². The summed E-state index contributed by atoms with van der Waals surface area (Å²) in [7, 11) is 0. The number of nitrogens with zero attached hydrogens (tertiary/aromatic N) is 3. The molecule has 1 heterocycles. The lowest BCUT2D eigenvalue weighted by atomic mass is 10.1. The first-order chi connectivity index (χ1) is 13.4. The summed E-state index contributed by atoms with van der Waals surface area (Å²) in [5.41, 5.74) is 1.54. The van der Waals surface area contributed by atoms with Crippen molar-refractivity contribution in [3.05, 3.63) is 79.8 Å². The molecule has 1 aromatic heterocycles. The van der Waals surface area contributed by atoms with Crippen LogP contribution in [0.3, 0.4) is 0 Å². The smallest absolute Gasteiger partial charge is 0.270 e. The Bertz CT molecular complexity index is 1150. The van der Waals surface area contributed by atoms with Crippen LogP contribution in [-0.2, 0) is 0 Å². The van der Waals surface area contributed by atoms with Crippen LogP contribution in [0.5, 0.6) is 0 Å². The first-order valence-electron chi connectivity index (χ1n) is 7.71. The van der Waals surface area contributed by atoms with Gasteiger partial charge in [0.05, 0.1) is 26.2 Å². The Morgan fingerprint density at radius 3 is 2.54 bits per heavy atom. The van der Waals surface area contributed by atoms with Gasteiger partial charge in [0.15, 0.2) is 6.29 Å². The molecule has 3 aromatic rings. The zero-order chi connectivity index (χ0) is 20.3. The minimum Gasteiger partial charge on any atom is -0.298 e. The van der Waals surface area contributed by atoms with E-state index in [9.17, 15) is 20.2 Å². The Balaban J connectivity index is 2.04. The Morgan fingerprint density at radius 1 is 1.11 bits per heavy atom. The summed E-state index contributed by atoms with van der Waals surface area (Å²) >= 11 is 13.1. The van der Waals surface area contributed by atoms with E-state index in [-0.39, 0.29) is 11.3 Å². The van der Waals surface area contributed by atoms with Crippen molar-refractivity contribution in [3.63, 3.8) is 0 Å². The fraction of sp³-hybridized carbons (Fsp3) is 0. The van der Waals surface area contributed by atoms with Gasteiger partial charge in [0.1, 0.15) is 11.1 Å². The highest BCUT2D eigenvalue weighted by Gasteiger charge is 2.15. The molecular weight excluding hydrogens is 421 g/mol. The van der Waals surface area contributed by atoms with Gasteiger partial charge in [-0.05, 0) is 30.3 Å². The van der Waals surface area contributed by atoms with Gasteiger partial charge < -0.3 is 0 Å². The van der Waals surface area contributed by atoms with Gasteiger partial charge in [0.25, 0.3) is 5.69 Å². The van der Waals surface area contributed by atoms with Gasteiger partial charge in [-0.15, -0.1) is 0 Å². The molecule has 9 heteroatoms. The lowest BCUT2D eigenvalue weighted by Gasteiger charge is -2.09. The molecule has 0 aliphatic carbocycles. The molecule has 0 amide bonds. The van der Waals surface area contributed by atoms with E-state index in [1.54, 1.807) is 30.3 Å². The summed E-state index contributed by atoms with van der Waals surface area (Å²) < 4.78 is 0. The van der Waals surface area contributed by atoms with Crippen molar-refractivity contribution in [1.29, 1.82) is 5.26 Å². The topological polar surface area (TPSA) is 96.9 Å². The van der Waals surface area contributed by atoms with Crippen LogP contribution in [0.1, 0.15) is 15.9 Å². The number of nitriles is 1. The first-order valence-corrected chi connectivity index (χ1v) is 9.28. The predicted molar refractivity (Wildman–Crippen MR) is 107 cm³/mol. The van der Waals surface area contributed by atoms with Crippen LogP contribution in [0, 0.1) is 21.4 Å². The molecule has 0 atom stereocenters. The van der Waals surface area contributed by atoms with E-state index in [1.807, 2.05) is 0 Å². The van der Waals surface area contributed by atoms with Crippen LogP contribution in [0.25, 0.3) is 11.3 Å². The predicted octanol–water partition coefficient (Wildman–Crippen LogP) is 5.80. The average molecular weight is 430 g/mol. The Labute approximate surface area is 173 Å².